The van der Waals surface area contributed by atoms with E-state index in [0.29, 0.717) is 32.5 Å². The first-order chi connectivity index (χ1) is 46.3. The van der Waals surface area contributed by atoms with E-state index in [1.54, 1.807) is 34.6 Å². The van der Waals surface area contributed by atoms with Gasteiger partial charge in [0.1, 0.15) is 43.4 Å². The number of nitrogens with one attached hydrogen (secondary N) is 10. The van der Waals surface area contributed by atoms with Gasteiger partial charge in [0, 0.05) is 58.1 Å². The summed E-state index contributed by atoms with van der Waals surface area (Å²) < 4.78 is 16.6. The van der Waals surface area contributed by atoms with Crippen molar-refractivity contribution in [1.82, 2.24) is 53.2 Å². The van der Waals surface area contributed by atoms with Crippen LogP contribution in [0.5, 0.6) is 0 Å². The van der Waals surface area contributed by atoms with E-state index in [2.05, 4.69) is 97.6 Å². The SMILES string of the molecule is CCNC(=O)CNC(=O)C(CC)NC(=O)CCC(NC(=O)OCC1c2ccccc2-c2ccccc21)C(=O)OCC[Si](C)(C)C.CCNC(=O)CNC(=O)C(CC)NC(=O)OCC1c2ccccc2-c2ccccc21.CCNC(=O)CNC(=O)C(CS)NC(=O)CCC(N)C(=O)O. The molecule has 4 aromatic carbocycles. The van der Waals surface area contributed by atoms with Gasteiger partial charge >= 0.3 is 24.1 Å². The van der Waals surface area contributed by atoms with E-state index in [0.717, 1.165) is 50.6 Å². The second kappa shape index (κ2) is 41.6. The molecule has 0 heterocycles. The topological polar surface area (TPSA) is 399 Å². The Morgan fingerprint density at radius 3 is 1.15 bits per heavy atom. The largest absolute Gasteiger partial charge is 0.480 e. The van der Waals surface area contributed by atoms with Crippen molar-refractivity contribution >= 4 is 92.1 Å². The van der Waals surface area contributed by atoms with Crippen LogP contribution in [0.3, 0.4) is 0 Å². The van der Waals surface area contributed by atoms with Crippen molar-refractivity contribution in [2.45, 2.75) is 141 Å². The number of likely N-dealkylation sites (N-methyl/N-ethyl adjacent to an activating group) is 3. The number of carboxylic acid groups (broad SMARTS) is 1. The van der Waals surface area contributed by atoms with Gasteiger partial charge in [-0.15, -0.1) is 0 Å². The molecule has 0 saturated heterocycles. The zero-order valence-electron chi connectivity index (χ0n) is 56.4. The molecule has 0 bridgehead atoms. The number of rotatable bonds is 34. The maximum absolute atomic E-state index is 13.0. The van der Waals surface area contributed by atoms with E-state index >= 15 is 0 Å². The molecule has 0 spiro atoms. The molecule has 0 aromatic heterocycles. The number of hydrogen-bond acceptors (Lipinski definition) is 17. The van der Waals surface area contributed by atoms with E-state index < -0.39 is 91.9 Å². The number of thiol groups is 1. The monoisotopic (exact) mass is 1380 g/mol. The van der Waals surface area contributed by atoms with Crippen molar-refractivity contribution in [1.29, 1.82) is 0 Å². The van der Waals surface area contributed by atoms with Gasteiger partial charge in [-0.2, -0.15) is 12.6 Å². The Kier molecular flexibility index (Phi) is 34.3. The Bertz CT molecular complexity index is 3260. The normalized spacial score (nSPS) is 13.2. The molecule has 2 aliphatic carbocycles. The molecule has 27 nitrogen and oxygen atoms in total. The van der Waals surface area contributed by atoms with Crippen molar-refractivity contribution in [3.05, 3.63) is 119 Å². The van der Waals surface area contributed by atoms with Gasteiger partial charge in [-0.25, -0.2) is 14.4 Å². The molecule has 6 rings (SSSR count). The number of alkyl carbamates (subject to hydrolysis) is 2. The quantitative estimate of drug-likeness (QED) is 0.0135. The van der Waals surface area contributed by atoms with Crippen LogP contribution in [0.15, 0.2) is 97.1 Å². The Morgan fingerprint density at radius 1 is 0.464 bits per heavy atom. The van der Waals surface area contributed by atoms with Gasteiger partial charge < -0.3 is 78.2 Å². The number of nitrogens with two attached hydrogens (primary N) is 1. The standard InChI is InChI=1S/C33H46N4O7Si.C23H27N3O4.C12H22N4O5S/c1-6-27(31(40)35-20-30(39)34-7-2)36-29(38)17-16-28(32(41)43-18-19-45(3,4)5)37-33(42)44-21-26-24-14-10-8-12-22(24)23-13-9-11-15-25(23)26;1-3-20(22(28)25-13-21(27)24-4-2)26-23(29)30-14-19-17-11-7-5-9-15(17)16-10-6-8-12-18(16)19;1-2-14-10(18)5-15-11(19)8(6-22)16-9(17)4-3-7(13)12(20)21/h8-15,26-28H,6-7,16-21H2,1-5H3,(H,34,39)(H,35,40)(H,36,38)(H,37,42);5-12,19-20H,3-4,13-14H2,1-2H3,(H,24,27)(H,25,28)(H,26,29);7-8,22H,2-6,13H2,1H3,(H,14,18)(H,15,19)(H,16,17)(H,20,21). The minimum atomic E-state index is -1.48. The van der Waals surface area contributed by atoms with Crippen LogP contribution in [0, 0.1) is 0 Å². The van der Waals surface area contributed by atoms with Gasteiger partial charge in [0.15, 0.2) is 0 Å². The summed E-state index contributed by atoms with van der Waals surface area (Å²) >= 11 is 3.96. The van der Waals surface area contributed by atoms with E-state index in [1.807, 2.05) is 84.9 Å². The van der Waals surface area contributed by atoms with Gasteiger partial charge in [-0.1, -0.05) is 131 Å². The molecule has 0 fully saturated rings. The number of hydrogen-bond donors (Lipinski definition) is 13. The molecule has 97 heavy (non-hydrogen) atoms. The number of esters is 1. The highest BCUT2D eigenvalue weighted by Crippen LogP contribution is 2.45. The van der Waals surface area contributed by atoms with Gasteiger partial charge in [-0.3, -0.25) is 43.2 Å². The molecule has 0 saturated carbocycles. The second-order valence-electron chi connectivity index (χ2n) is 23.8. The molecule has 528 valence electrons. The van der Waals surface area contributed by atoms with Gasteiger partial charge in [0.2, 0.25) is 47.3 Å². The lowest BCUT2D eigenvalue weighted by Crippen LogP contribution is -2.50. The number of amides is 10. The second-order valence-corrected chi connectivity index (χ2v) is 29.8. The predicted octanol–water partition coefficient (Wildman–Crippen LogP) is 4.10. The first kappa shape index (κ1) is 80.1. The molecular weight excluding hydrogens is 1290 g/mol. The van der Waals surface area contributed by atoms with Gasteiger partial charge in [-0.05, 0) is 97.0 Å². The van der Waals surface area contributed by atoms with Crippen LogP contribution in [0.25, 0.3) is 22.3 Å². The Balaban J connectivity index is 0.000000332. The Morgan fingerprint density at radius 2 is 0.804 bits per heavy atom. The molecule has 2 aliphatic rings. The summed E-state index contributed by atoms with van der Waals surface area (Å²) in [6.45, 7) is 16.6. The minimum Gasteiger partial charge on any atom is -0.480 e. The maximum atomic E-state index is 13.0. The summed E-state index contributed by atoms with van der Waals surface area (Å²) in [7, 11) is -1.48. The Hall–Kier alpha value is -9.35. The van der Waals surface area contributed by atoms with Crippen molar-refractivity contribution in [2.75, 3.05) is 64.8 Å². The lowest BCUT2D eigenvalue weighted by molar-refractivity contribution is -0.146. The molecule has 29 heteroatoms. The molecule has 4 aromatic rings. The fraction of sp³-hybridized carbons (Fsp3) is 0.471. The number of carboxylic acids is 1. The van der Waals surface area contributed by atoms with Crippen LogP contribution in [0.2, 0.25) is 25.7 Å². The molecule has 5 atom stereocenters. The number of fused-ring (bicyclic) bond motifs is 6. The highest BCUT2D eigenvalue weighted by Gasteiger charge is 2.33. The zero-order valence-corrected chi connectivity index (χ0v) is 58.3. The van der Waals surface area contributed by atoms with Gasteiger partial charge in [0.25, 0.3) is 0 Å². The predicted molar refractivity (Wildman–Crippen MR) is 371 cm³/mol. The van der Waals surface area contributed by atoms with Crippen LogP contribution >= 0.6 is 12.6 Å². The summed E-state index contributed by atoms with van der Waals surface area (Å²) in [5, 5.41) is 33.9. The van der Waals surface area contributed by atoms with Crippen LogP contribution in [0.1, 0.15) is 107 Å². The summed E-state index contributed by atoms with van der Waals surface area (Å²) in [5.41, 5.74) is 14.1. The third-order valence-electron chi connectivity index (χ3n) is 15.3. The zero-order chi connectivity index (χ0) is 71.6. The molecule has 0 aliphatic heterocycles. The summed E-state index contributed by atoms with van der Waals surface area (Å²) in [6.07, 6.45) is -1.14. The number of aliphatic carboxylic acids is 1. The maximum Gasteiger partial charge on any atom is 0.407 e. The average molecular weight is 1380 g/mol. The Labute approximate surface area is 572 Å². The van der Waals surface area contributed by atoms with E-state index in [1.165, 1.54) is 0 Å². The van der Waals surface area contributed by atoms with Crippen LogP contribution in [0.4, 0.5) is 9.59 Å². The lowest BCUT2D eigenvalue weighted by Gasteiger charge is -2.21. The van der Waals surface area contributed by atoms with Crippen LogP contribution < -0.4 is 58.9 Å². The van der Waals surface area contributed by atoms with Crippen LogP contribution in [-0.2, 0) is 62.2 Å². The van der Waals surface area contributed by atoms with Crippen molar-refractivity contribution in [2.24, 2.45) is 5.73 Å². The smallest absolute Gasteiger partial charge is 0.407 e. The summed E-state index contributed by atoms with van der Waals surface area (Å²) in [4.78, 5) is 144. The number of carbonyl (C=O) groups excluding carboxylic acids is 11. The highest BCUT2D eigenvalue weighted by molar-refractivity contribution is 7.80. The molecular formula is C68H95N11O16SSi. The first-order valence-corrected chi connectivity index (χ1v) is 36.8. The van der Waals surface area contributed by atoms with E-state index in [9.17, 15) is 57.5 Å². The molecule has 10 amide bonds. The van der Waals surface area contributed by atoms with Crippen LogP contribution in [-0.4, -0.2) is 180 Å². The van der Waals surface area contributed by atoms with Crippen molar-refractivity contribution in [3.8, 4) is 22.3 Å². The molecule has 0 radical (unpaired) electrons. The molecule has 5 unspecified atom stereocenters. The minimum absolute atomic E-state index is 0.0396. The third kappa shape index (κ3) is 27.0. The number of carbonyl (C=O) groups is 12. The van der Waals surface area contributed by atoms with Crippen molar-refractivity contribution in [3.63, 3.8) is 0 Å². The van der Waals surface area contributed by atoms with E-state index in [-0.39, 0.29) is 100 Å². The lowest BCUT2D eigenvalue weighted by atomic mass is 9.98. The fourth-order valence-electron chi connectivity index (χ4n) is 10.1. The highest BCUT2D eigenvalue weighted by atomic mass is 32.1. The summed E-state index contributed by atoms with van der Waals surface area (Å²) in [6, 6.07) is 28.1. The summed E-state index contributed by atoms with van der Waals surface area (Å²) in [5.74, 6) is -5.40. The first-order valence-electron chi connectivity index (χ1n) is 32.5. The van der Waals surface area contributed by atoms with E-state index in [4.69, 9.17) is 25.1 Å². The van der Waals surface area contributed by atoms with Crippen molar-refractivity contribution < 1.29 is 76.9 Å². The fourth-order valence-corrected chi connectivity index (χ4v) is 11.1. The average Bonchev–Trinajstić information content (AvgIpc) is 1.63. The molecule has 13 N–H and O–H groups in total. The number of benzene rings is 4. The number of ether oxygens (including phenoxy) is 3. The van der Waals surface area contributed by atoms with Gasteiger partial charge in [0.05, 0.1) is 26.2 Å². The third-order valence-corrected chi connectivity index (χ3v) is 17.4.